The molecule has 0 aliphatic rings. The van der Waals surface area contributed by atoms with E-state index in [1.54, 1.807) is 30.3 Å². The lowest BCUT2D eigenvalue weighted by molar-refractivity contribution is -0.119. The number of carbonyl (C=O) groups is 1. The maximum absolute atomic E-state index is 13.7. The first kappa shape index (κ1) is 28.4. The molecule has 4 aromatic rings. The van der Waals surface area contributed by atoms with E-state index in [2.05, 4.69) is 10.5 Å². The number of nitrogens with one attached hydrogen (secondary N) is 1. The van der Waals surface area contributed by atoms with Crippen LogP contribution in [-0.4, -0.2) is 34.2 Å². The van der Waals surface area contributed by atoms with Crippen molar-refractivity contribution >= 4 is 27.8 Å². The summed E-state index contributed by atoms with van der Waals surface area (Å²) in [6.45, 7) is 3.66. The number of methoxy groups -OCH3 is 1. The summed E-state index contributed by atoms with van der Waals surface area (Å²) in [4.78, 5) is 13.0. The highest BCUT2D eigenvalue weighted by Crippen LogP contribution is 2.33. The first-order chi connectivity index (χ1) is 19.3. The molecule has 0 spiro atoms. The zero-order valence-electron chi connectivity index (χ0n) is 22.6. The van der Waals surface area contributed by atoms with Gasteiger partial charge in [0.1, 0.15) is 24.7 Å². The molecule has 0 unspecified atom stereocenters. The van der Waals surface area contributed by atoms with E-state index in [0.717, 1.165) is 26.6 Å². The molecule has 0 aromatic heterocycles. The largest absolute Gasteiger partial charge is 0.495 e. The number of sulfonamides is 1. The lowest BCUT2D eigenvalue weighted by Crippen LogP contribution is -2.39. The molecule has 4 rings (SSSR count). The standard InChI is InChI=1S/C31H31N3O5S/c1-23-9-16-28(17-10-23)40(36,37)34(29-19-24(2)11-18-30(29)38-3)21-31(35)33-32-20-25-12-14-27(15-13-25)39-22-26-7-5-4-6-8-26/h4-20H,21-22H2,1-3H3,(H,33,35)/b32-20-. The molecule has 0 fully saturated rings. The van der Waals surface area contributed by atoms with Gasteiger partial charge in [-0.3, -0.25) is 9.10 Å². The van der Waals surface area contributed by atoms with Gasteiger partial charge in [0.2, 0.25) is 0 Å². The Bertz CT molecular complexity index is 1570. The number of hydrazone groups is 1. The number of anilines is 1. The number of carbonyl (C=O) groups excluding carboxylic acids is 1. The summed E-state index contributed by atoms with van der Waals surface area (Å²) in [5, 5.41) is 4.02. The van der Waals surface area contributed by atoms with Crippen LogP contribution in [0.1, 0.15) is 22.3 Å². The number of hydrogen-bond acceptors (Lipinski definition) is 6. The molecule has 40 heavy (non-hydrogen) atoms. The summed E-state index contributed by atoms with van der Waals surface area (Å²) in [5.74, 6) is 0.416. The Morgan fingerprint density at radius 1 is 0.900 bits per heavy atom. The summed E-state index contributed by atoms with van der Waals surface area (Å²) in [6.07, 6.45) is 1.48. The Morgan fingerprint density at radius 3 is 2.25 bits per heavy atom. The van der Waals surface area contributed by atoms with Gasteiger partial charge < -0.3 is 9.47 Å². The van der Waals surface area contributed by atoms with E-state index < -0.39 is 22.5 Å². The molecule has 0 radical (unpaired) electrons. The topological polar surface area (TPSA) is 97.3 Å². The number of benzene rings is 4. The SMILES string of the molecule is COc1ccc(C)cc1N(CC(=O)N/N=C\c1ccc(OCc2ccccc2)cc1)S(=O)(=O)c1ccc(C)cc1. The van der Waals surface area contributed by atoms with Gasteiger partial charge in [-0.1, -0.05) is 54.1 Å². The van der Waals surface area contributed by atoms with Crippen molar-refractivity contribution in [3.8, 4) is 11.5 Å². The van der Waals surface area contributed by atoms with Crippen molar-refractivity contribution in [2.24, 2.45) is 5.10 Å². The smallest absolute Gasteiger partial charge is 0.264 e. The van der Waals surface area contributed by atoms with Gasteiger partial charge in [0, 0.05) is 0 Å². The van der Waals surface area contributed by atoms with E-state index in [4.69, 9.17) is 9.47 Å². The van der Waals surface area contributed by atoms with Crippen molar-refractivity contribution in [1.82, 2.24) is 5.43 Å². The van der Waals surface area contributed by atoms with Crippen molar-refractivity contribution in [2.45, 2.75) is 25.3 Å². The summed E-state index contributed by atoms with van der Waals surface area (Å²) >= 11 is 0. The van der Waals surface area contributed by atoms with E-state index in [0.29, 0.717) is 18.1 Å². The van der Waals surface area contributed by atoms with Crippen LogP contribution in [0.4, 0.5) is 5.69 Å². The Morgan fingerprint density at radius 2 is 1.57 bits per heavy atom. The van der Waals surface area contributed by atoms with Crippen LogP contribution in [-0.2, 0) is 21.4 Å². The summed E-state index contributed by atoms with van der Waals surface area (Å²) in [7, 11) is -2.64. The number of aryl methyl sites for hydroxylation is 2. The van der Waals surface area contributed by atoms with Crippen molar-refractivity contribution in [3.63, 3.8) is 0 Å². The molecule has 9 heteroatoms. The average Bonchev–Trinajstić information content (AvgIpc) is 2.96. The fourth-order valence-corrected chi connectivity index (χ4v) is 5.29. The molecule has 0 aliphatic heterocycles. The second-order valence-electron chi connectivity index (χ2n) is 9.14. The van der Waals surface area contributed by atoms with Gasteiger partial charge in [-0.05, 0) is 79.1 Å². The average molecular weight is 558 g/mol. The van der Waals surface area contributed by atoms with Gasteiger partial charge >= 0.3 is 0 Å². The van der Waals surface area contributed by atoms with Crippen LogP contribution in [0.2, 0.25) is 0 Å². The fraction of sp³-hybridized carbons (Fsp3) is 0.161. The number of rotatable bonds is 11. The summed E-state index contributed by atoms with van der Waals surface area (Å²) in [5.41, 5.74) is 6.22. The van der Waals surface area contributed by atoms with Gasteiger partial charge in [0.15, 0.2) is 0 Å². The summed E-state index contributed by atoms with van der Waals surface area (Å²) < 4.78 is 39.6. The Labute approximate surface area is 234 Å². The van der Waals surface area contributed by atoms with Crippen LogP contribution in [0.5, 0.6) is 11.5 Å². The van der Waals surface area contributed by atoms with Crippen molar-refractivity contribution < 1.29 is 22.7 Å². The minimum absolute atomic E-state index is 0.0625. The van der Waals surface area contributed by atoms with Gasteiger partial charge in [0.25, 0.3) is 15.9 Å². The lowest BCUT2D eigenvalue weighted by Gasteiger charge is -2.25. The Hall–Kier alpha value is -4.63. The molecule has 1 amide bonds. The maximum Gasteiger partial charge on any atom is 0.264 e. The third-order valence-electron chi connectivity index (χ3n) is 6.03. The van der Waals surface area contributed by atoms with Crippen LogP contribution >= 0.6 is 0 Å². The molecule has 0 bridgehead atoms. The highest BCUT2D eigenvalue weighted by Gasteiger charge is 2.29. The molecular formula is C31H31N3O5S. The van der Waals surface area contributed by atoms with Crippen molar-refractivity contribution in [2.75, 3.05) is 18.0 Å². The van der Waals surface area contributed by atoms with Crippen LogP contribution in [0.3, 0.4) is 0 Å². The summed E-state index contributed by atoms with van der Waals surface area (Å²) in [6, 6.07) is 28.7. The molecule has 0 heterocycles. The van der Waals surface area contributed by atoms with E-state index >= 15 is 0 Å². The number of amides is 1. The molecule has 0 atom stereocenters. The van der Waals surface area contributed by atoms with Crippen LogP contribution in [0, 0.1) is 13.8 Å². The maximum atomic E-state index is 13.7. The minimum Gasteiger partial charge on any atom is -0.495 e. The van der Waals surface area contributed by atoms with Gasteiger partial charge in [-0.2, -0.15) is 5.10 Å². The third-order valence-corrected chi connectivity index (χ3v) is 7.80. The second-order valence-corrected chi connectivity index (χ2v) is 11.0. The van der Waals surface area contributed by atoms with Gasteiger partial charge in [0.05, 0.1) is 23.9 Å². The fourth-order valence-electron chi connectivity index (χ4n) is 3.87. The molecule has 1 N–H and O–H groups in total. The van der Waals surface area contributed by atoms with E-state index in [-0.39, 0.29) is 10.6 Å². The highest BCUT2D eigenvalue weighted by molar-refractivity contribution is 7.92. The number of ether oxygens (including phenoxy) is 2. The molecule has 4 aromatic carbocycles. The highest BCUT2D eigenvalue weighted by atomic mass is 32.2. The van der Waals surface area contributed by atoms with Crippen molar-refractivity contribution in [3.05, 3.63) is 119 Å². The zero-order chi connectivity index (χ0) is 28.5. The number of nitrogens with zero attached hydrogens (tertiary/aromatic N) is 2. The molecule has 206 valence electrons. The normalized spacial score (nSPS) is 11.3. The van der Waals surface area contributed by atoms with E-state index in [1.165, 1.54) is 25.5 Å². The third kappa shape index (κ3) is 7.27. The predicted octanol–water partition coefficient (Wildman–Crippen LogP) is 5.24. The molecule has 8 nitrogen and oxygen atoms in total. The van der Waals surface area contributed by atoms with Crippen LogP contribution < -0.4 is 19.2 Å². The van der Waals surface area contributed by atoms with Gasteiger partial charge in [-0.15, -0.1) is 0 Å². The lowest BCUT2D eigenvalue weighted by atomic mass is 10.2. The first-order valence-corrected chi connectivity index (χ1v) is 14.0. The molecular weight excluding hydrogens is 526 g/mol. The first-order valence-electron chi connectivity index (χ1n) is 12.6. The zero-order valence-corrected chi connectivity index (χ0v) is 23.4. The van der Waals surface area contributed by atoms with E-state index in [1.807, 2.05) is 68.4 Å². The molecule has 0 saturated heterocycles. The number of hydrogen-bond donors (Lipinski definition) is 1. The monoisotopic (exact) mass is 557 g/mol. The minimum atomic E-state index is -4.10. The van der Waals surface area contributed by atoms with Crippen molar-refractivity contribution in [1.29, 1.82) is 0 Å². The molecule has 0 aliphatic carbocycles. The molecule has 0 saturated carbocycles. The van der Waals surface area contributed by atoms with E-state index in [9.17, 15) is 13.2 Å². The Kier molecular flexibility index (Phi) is 9.19. The second kappa shape index (κ2) is 12.9. The predicted molar refractivity (Wildman–Crippen MR) is 156 cm³/mol. The quantitative estimate of drug-likeness (QED) is 0.201. The van der Waals surface area contributed by atoms with Gasteiger partial charge in [-0.25, -0.2) is 13.8 Å². The van der Waals surface area contributed by atoms with Crippen LogP contribution in [0.15, 0.2) is 107 Å². The van der Waals surface area contributed by atoms with Crippen LogP contribution in [0.25, 0.3) is 0 Å². The Balaban J connectivity index is 1.46.